The standard InChI is InChI=1S/C11H14ClF3N2O2S2/c1-16-7-8-2-3-9(12)10(6-8)21(18,19)17-4-5-20-11(13,14)15/h2-3,6,16-17H,4-5,7H2,1H3. The molecule has 1 aromatic rings. The third-order valence-corrected chi connectivity index (χ3v) is 5.00. The Kier molecular flexibility index (Phi) is 6.79. The smallest absolute Gasteiger partial charge is 0.316 e. The maximum absolute atomic E-state index is 12.0. The average molecular weight is 363 g/mol. The number of hydrogen-bond acceptors (Lipinski definition) is 4. The molecule has 120 valence electrons. The number of halogens is 4. The summed E-state index contributed by atoms with van der Waals surface area (Å²) in [6.07, 6.45) is 0. The lowest BCUT2D eigenvalue weighted by Crippen LogP contribution is -2.27. The van der Waals surface area contributed by atoms with Crippen molar-refractivity contribution >= 4 is 33.4 Å². The third-order valence-electron chi connectivity index (χ3n) is 2.33. The van der Waals surface area contributed by atoms with Crippen molar-refractivity contribution in [3.05, 3.63) is 28.8 Å². The molecule has 0 spiro atoms. The molecular weight excluding hydrogens is 349 g/mol. The number of sulfonamides is 1. The topological polar surface area (TPSA) is 58.2 Å². The Balaban J connectivity index is 2.76. The van der Waals surface area contributed by atoms with Gasteiger partial charge in [-0.1, -0.05) is 17.7 Å². The second-order valence-electron chi connectivity index (χ2n) is 3.99. The monoisotopic (exact) mass is 362 g/mol. The number of alkyl halides is 3. The van der Waals surface area contributed by atoms with Crippen LogP contribution in [0.2, 0.25) is 5.02 Å². The minimum absolute atomic E-state index is 0.0193. The van der Waals surface area contributed by atoms with Crippen LogP contribution in [-0.4, -0.2) is 33.3 Å². The summed E-state index contributed by atoms with van der Waals surface area (Å²) in [5, 5.41) is 2.88. The Hall–Kier alpha value is -0.480. The molecule has 0 aliphatic heterocycles. The highest BCUT2D eigenvalue weighted by Crippen LogP contribution is 2.29. The fraction of sp³-hybridized carbons (Fsp3) is 0.455. The summed E-state index contributed by atoms with van der Waals surface area (Å²) in [5.74, 6) is -0.406. The van der Waals surface area contributed by atoms with Gasteiger partial charge in [0.25, 0.3) is 0 Å². The van der Waals surface area contributed by atoms with Crippen molar-refractivity contribution in [3.63, 3.8) is 0 Å². The van der Waals surface area contributed by atoms with Crippen LogP contribution in [0.25, 0.3) is 0 Å². The molecule has 0 saturated heterocycles. The Bertz CT molecular complexity index is 579. The minimum atomic E-state index is -4.38. The quantitative estimate of drug-likeness (QED) is 0.732. The van der Waals surface area contributed by atoms with Crippen LogP contribution in [0, 0.1) is 0 Å². The van der Waals surface area contributed by atoms with E-state index in [2.05, 4.69) is 10.0 Å². The molecule has 0 radical (unpaired) electrons. The summed E-state index contributed by atoms with van der Waals surface area (Å²) in [6, 6.07) is 4.49. The molecule has 0 heterocycles. The van der Waals surface area contributed by atoms with E-state index in [1.54, 1.807) is 13.1 Å². The van der Waals surface area contributed by atoms with E-state index in [4.69, 9.17) is 11.6 Å². The maximum atomic E-state index is 12.0. The minimum Gasteiger partial charge on any atom is -0.316 e. The van der Waals surface area contributed by atoms with Gasteiger partial charge in [0.05, 0.1) is 5.02 Å². The molecule has 0 aliphatic carbocycles. The molecule has 0 saturated carbocycles. The van der Waals surface area contributed by atoms with E-state index >= 15 is 0 Å². The van der Waals surface area contributed by atoms with E-state index in [0.717, 1.165) is 0 Å². The van der Waals surface area contributed by atoms with Gasteiger partial charge in [-0.25, -0.2) is 13.1 Å². The Morgan fingerprint density at radius 3 is 2.57 bits per heavy atom. The van der Waals surface area contributed by atoms with E-state index in [9.17, 15) is 21.6 Å². The molecule has 0 fully saturated rings. The molecule has 0 aliphatic rings. The van der Waals surface area contributed by atoms with Gasteiger partial charge >= 0.3 is 5.51 Å². The SMILES string of the molecule is CNCc1ccc(Cl)c(S(=O)(=O)NCCSC(F)(F)F)c1. The van der Waals surface area contributed by atoms with Crippen molar-refractivity contribution in [2.45, 2.75) is 16.9 Å². The van der Waals surface area contributed by atoms with Gasteiger partial charge in [-0.15, -0.1) is 0 Å². The maximum Gasteiger partial charge on any atom is 0.441 e. The summed E-state index contributed by atoms with van der Waals surface area (Å²) < 4.78 is 62.0. The van der Waals surface area contributed by atoms with Gasteiger partial charge in [0.1, 0.15) is 4.90 Å². The lowest BCUT2D eigenvalue weighted by atomic mass is 10.2. The van der Waals surface area contributed by atoms with Crippen molar-refractivity contribution in [2.24, 2.45) is 0 Å². The molecule has 1 aromatic carbocycles. The molecular formula is C11H14ClF3N2O2S2. The van der Waals surface area contributed by atoms with Crippen molar-refractivity contribution in [3.8, 4) is 0 Å². The van der Waals surface area contributed by atoms with Gasteiger partial charge in [-0.05, 0) is 36.5 Å². The van der Waals surface area contributed by atoms with Crippen LogP contribution in [0.5, 0.6) is 0 Å². The number of benzene rings is 1. The normalized spacial score (nSPS) is 12.6. The first kappa shape index (κ1) is 18.6. The van der Waals surface area contributed by atoms with E-state index in [0.29, 0.717) is 12.1 Å². The van der Waals surface area contributed by atoms with Gasteiger partial charge in [0.15, 0.2) is 0 Å². The summed E-state index contributed by atoms with van der Waals surface area (Å²) >= 11 is 5.56. The van der Waals surface area contributed by atoms with Crippen molar-refractivity contribution in [1.29, 1.82) is 0 Å². The lowest BCUT2D eigenvalue weighted by Gasteiger charge is -2.10. The molecule has 0 unspecified atom stereocenters. The highest BCUT2D eigenvalue weighted by Gasteiger charge is 2.28. The van der Waals surface area contributed by atoms with Gasteiger partial charge in [-0.3, -0.25) is 0 Å². The van der Waals surface area contributed by atoms with Crippen LogP contribution >= 0.6 is 23.4 Å². The van der Waals surface area contributed by atoms with Crippen LogP contribution < -0.4 is 10.0 Å². The number of rotatable bonds is 7. The summed E-state index contributed by atoms with van der Waals surface area (Å²) in [6.45, 7) is 0.114. The fourth-order valence-corrected chi connectivity index (χ4v) is 3.63. The van der Waals surface area contributed by atoms with Gasteiger partial charge in [0.2, 0.25) is 10.0 Å². The van der Waals surface area contributed by atoms with Crippen LogP contribution in [0.4, 0.5) is 13.2 Å². The molecule has 0 bridgehead atoms. The first-order valence-corrected chi connectivity index (χ1v) is 8.64. The first-order valence-electron chi connectivity index (χ1n) is 5.79. The number of hydrogen-bond donors (Lipinski definition) is 2. The molecule has 4 nitrogen and oxygen atoms in total. The van der Waals surface area contributed by atoms with Gasteiger partial charge in [0, 0.05) is 18.8 Å². The number of thioether (sulfide) groups is 1. The second-order valence-corrected chi connectivity index (χ2v) is 7.29. The van der Waals surface area contributed by atoms with Crippen molar-refractivity contribution in [2.75, 3.05) is 19.3 Å². The predicted octanol–water partition coefficient (Wildman–Crippen LogP) is 2.59. The Morgan fingerprint density at radius 2 is 2.00 bits per heavy atom. The van der Waals surface area contributed by atoms with E-state index in [1.165, 1.54) is 12.1 Å². The van der Waals surface area contributed by atoms with Crippen LogP contribution in [0.3, 0.4) is 0 Å². The highest BCUT2D eigenvalue weighted by molar-refractivity contribution is 8.00. The van der Waals surface area contributed by atoms with Crippen molar-refractivity contribution < 1.29 is 21.6 Å². The zero-order valence-corrected chi connectivity index (χ0v) is 13.4. The van der Waals surface area contributed by atoms with Crippen LogP contribution in [0.1, 0.15) is 5.56 Å². The lowest BCUT2D eigenvalue weighted by molar-refractivity contribution is -0.0327. The fourth-order valence-electron chi connectivity index (χ4n) is 1.49. The Morgan fingerprint density at radius 1 is 1.33 bits per heavy atom. The molecule has 2 N–H and O–H groups in total. The van der Waals surface area contributed by atoms with Crippen LogP contribution in [-0.2, 0) is 16.6 Å². The molecule has 0 atom stereocenters. The van der Waals surface area contributed by atoms with Crippen molar-refractivity contribution in [1.82, 2.24) is 10.0 Å². The molecule has 21 heavy (non-hydrogen) atoms. The van der Waals surface area contributed by atoms with Crippen LogP contribution in [0.15, 0.2) is 23.1 Å². The Labute approximate surface area is 130 Å². The van der Waals surface area contributed by atoms with Gasteiger partial charge in [-0.2, -0.15) is 13.2 Å². The summed E-state index contributed by atoms with van der Waals surface area (Å²) in [7, 11) is -2.24. The summed E-state index contributed by atoms with van der Waals surface area (Å²) in [5.41, 5.74) is -3.68. The molecule has 0 aromatic heterocycles. The second kappa shape index (κ2) is 7.68. The number of nitrogens with one attached hydrogen (secondary N) is 2. The third kappa shape index (κ3) is 6.43. The zero-order valence-electron chi connectivity index (χ0n) is 11.0. The van der Waals surface area contributed by atoms with E-state index in [-0.39, 0.29) is 28.2 Å². The molecule has 10 heteroatoms. The summed E-state index contributed by atoms with van der Waals surface area (Å²) in [4.78, 5) is -0.145. The average Bonchev–Trinajstić information content (AvgIpc) is 2.36. The largest absolute Gasteiger partial charge is 0.441 e. The highest BCUT2D eigenvalue weighted by atomic mass is 35.5. The van der Waals surface area contributed by atoms with E-state index in [1.807, 2.05) is 0 Å². The molecule has 0 amide bonds. The zero-order chi connectivity index (χ0) is 16.1. The predicted molar refractivity (Wildman–Crippen MR) is 77.9 cm³/mol. The van der Waals surface area contributed by atoms with Gasteiger partial charge < -0.3 is 5.32 Å². The molecule has 1 rings (SSSR count). The van der Waals surface area contributed by atoms with E-state index < -0.39 is 21.3 Å². The first-order chi connectivity index (χ1) is 9.65.